The third-order valence-corrected chi connectivity index (χ3v) is 6.22. The van der Waals surface area contributed by atoms with Gasteiger partial charge in [-0.1, -0.05) is 42.5 Å². The fraction of sp³-hybridized carbons (Fsp3) is 0.167. The normalized spacial score (nSPS) is 10.9. The summed E-state index contributed by atoms with van der Waals surface area (Å²) in [6.45, 7) is 3.57. The second kappa shape index (κ2) is 10.1. The highest BCUT2D eigenvalue weighted by atomic mass is 32.2. The summed E-state index contributed by atoms with van der Waals surface area (Å²) in [6, 6.07) is 20.5. The molecule has 3 N–H and O–H groups in total. The minimum Gasteiger partial charge on any atom is -0.347 e. The molecule has 0 aliphatic rings. The molecule has 3 aromatic rings. The monoisotopic (exact) mass is 451 g/mol. The molecule has 0 unspecified atom stereocenters. The van der Waals surface area contributed by atoms with E-state index in [1.54, 1.807) is 36.4 Å². The molecule has 8 heteroatoms. The van der Waals surface area contributed by atoms with E-state index in [1.165, 1.54) is 6.07 Å². The van der Waals surface area contributed by atoms with Crippen molar-refractivity contribution < 1.29 is 18.0 Å². The van der Waals surface area contributed by atoms with E-state index in [1.807, 2.05) is 44.2 Å². The molecule has 0 aromatic heterocycles. The van der Waals surface area contributed by atoms with Crippen LogP contribution in [0.25, 0.3) is 0 Å². The minimum absolute atomic E-state index is 0.163. The second-order valence-electron chi connectivity index (χ2n) is 7.42. The van der Waals surface area contributed by atoms with Gasteiger partial charge in [0, 0.05) is 5.69 Å². The third-order valence-electron chi connectivity index (χ3n) is 4.84. The van der Waals surface area contributed by atoms with Crippen molar-refractivity contribution in [2.75, 3.05) is 16.6 Å². The molecule has 0 aliphatic heterocycles. The van der Waals surface area contributed by atoms with Crippen LogP contribution in [0.4, 0.5) is 11.4 Å². The molecule has 32 heavy (non-hydrogen) atoms. The first-order valence-electron chi connectivity index (χ1n) is 10.0. The Bertz CT molecular complexity index is 1230. The van der Waals surface area contributed by atoms with Gasteiger partial charge < -0.3 is 10.6 Å². The summed E-state index contributed by atoms with van der Waals surface area (Å²) in [5, 5.41) is 5.23. The molecule has 3 aromatic carbocycles. The molecule has 0 heterocycles. The number of nitrogens with one attached hydrogen (secondary N) is 3. The molecular weight excluding hydrogens is 426 g/mol. The van der Waals surface area contributed by atoms with Gasteiger partial charge in [-0.2, -0.15) is 0 Å². The molecule has 3 rings (SSSR count). The van der Waals surface area contributed by atoms with Gasteiger partial charge in [0.05, 0.1) is 23.5 Å². The second-order valence-corrected chi connectivity index (χ2v) is 9.10. The first-order chi connectivity index (χ1) is 15.2. The first-order valence-corrected chi connectivity index (χ1v) is 11.5. The molecule has 0 bridgehead atoms. The number of sulfonamides is 1. The van der Waals surface area contributed by atoms with Crippen LogP contribution in [-0.4, -0.2) is 26.8 Å². The van der Waals surface area contributed by atoms with Crippen molar-refractivity contribution in [2.24, 2.45) is 0 Å². The maximum atomic E-state index is 12.7. The van der Waals surface area contributed by atoms with Crippen molar-refractivity contribution in [1.29, 1.82) is 0 Å². The minimum atomic E-state index is -3.77. The number of hydrogen-bond acceptors (Lipinski definition) is 4. The van der Waals surface area contributed by atoms with Crippen molar-refractivity contribution in [2.45, 2.75) is 25.2 Å². The highest BCUT2D eigenvalue weighted by Crippen LogP contribution is 2.21. The van der Waals surface area contributed by atoms with Crippen LogP contribution in [0.15, 0.2) is 77.7 Å². The summed E-state index contributed by atoms with van der Waals surface area (Å²) >= 11 is 0. The molecule has 0 saturated carbocycles. The Kier molecular flexibility index (Phi) is 7.27. The first kappa shape index (κ1) is 23.0. The number of rotatable bonds is 8. The van der Waals surface area contributed by atoms with Crippen LogP contribution < -0.4 is 15.4 Å². The lowest BCUT2D eigenvalue weighted by molar-refractivity contribution is -0.123. The van der Waals surface area contributed by atoms with E-state index in [-0.39, 0.29) is 23.8 Å². The number of aryl methyl sites for hydroxylation is 2. The Morgan fingerprint density at radius 3 is 2.22 bits per heavy atom. The van der Waals surface area contributed by atoms with E-state index in [4.69, 9.17) is 0 Å². The van der Waals surface area contributed by atoms with Gasteiger partial charge in [-0.15, -0.1) is 0 Å². The summed E-state index contributed by atoms with van der Waals surface area (Å²) in [4.78, 5) is 24.3. The zero-order chi connectivity index (χ0) is 23.1. The Morgan fingerprint density at radius 2 is 1.50 bits per heavy atom. The zero-order valence-electron chi connectivity index (χ0n) is 17.9. The smallest absolute Gasteiger partial charge is 0.261 e. The fourth-order valence-corrected chi connectivity index (χ4v) is 4.12. The van der Waals surface area contributed by atoms with Crippen LogP contribution in [0, 0.1) is 13.8 Å². The highest BCUT2D eigenvalue weighted by molar-refractivity contribution is 7.92. The number of anilines is 2. The Balaban J connectivity index is 1.57. The Labute approximate surface area is 187 Å². The molecule has 0 aliphatic carbocycles. The van der Waals surface area contributed by atoms with E-state index < -0.39 is 15.9 Å². The van der Waals surface area contributed by atoms with Gasteiger partial charge >= 0.3 is 0 Å². The SMILES string of the molecule is Cc1ccc(S(=O)(=O)Nc2cccc(NC(=O)CNC(=O)Cc3ccccc3)c2)cc1C. The van der Waals surface area contributed by atoms with E-state index in [0.29, 0.717) is 11.4 Å². The maximum absolute atomic E-state index is 12.7. The Hall–Kier alpha value is -3.65. The number of hydrogen-bond donors (Lipinski definition) is 3. The number of carbonyl (C=O) groups is 2. The summed E-state index contributed by atoms with van der Waals surface area (Å²) in [6.07, 6.45) is 0.184. The van der Waals surface area contributed by atoms with E-state index >= 15 is 0 Å². The molecule has 7 nitrogen and oxygen atoms in total. The van der Waals surface area contributed by atoms with E-state index in [2.05, 4.69) is 15.4 Å². The van der Waals surface area contributed by atoms with E-state index in [9.17, 15) is 18.0 Å². The molecule has 2 amide bonds. The summed E-state index contributed by atoms with van der Waals surface area (Å²) in [5.74, 6) is -0.679. The summed E-state index contributed by atoms with van der Waals surface area (Å²) in [7, 11) is -3.77. The highest BCUT2D eigenvalue weighted by Gasteiger charge is 2.15. The van der Waals surface area contributed by atoms with Crippen molar-refractivity contribution in [1.82, 2.24) is 5.32 Å². The van der Waals surface area contributed by atoms with Gasteiger partial charge in [-0.3, -0.25) is 14.3 Å². The molecule has 0 fully saturated rings. The fourth-order valence-electron chi connectivity index (χ4n) is 2.98. The van der Waals surface area contributed by atoms with Crippen LogP contribution in [-0.2, 0) is 26.0 Å². The van der Waals surface area contributed by atoms with Crippen LogP contribution >= 0.6 is 0 Å². The van der Waals surface area contributed by atoms with Crippen LogP contribution in [0.1, 0.15) is 16.7 Å². The number of benzene rings is 3. The number of amides is 2. The topological polar surface area (TPSA) is 104 Å². The Morgan fingerprint density at radius 1 is 0.781 bits per heavy atom. The van der Waals surface area contributed by atoms with Crippen molar-refractivity contribution in [3.8, 4) is 0 Å². The largest absolute Gasteiger partial charge is 0.347 e. The standard InChI is InChI=1S/C24H25N3O4S/c1-17-11-12-22(13-18(17)2)32(30,31)27-21-10-6-9-20(15-21)26-24(29)16-25-23(28)14-19-7-4-3-5-8-19/h3-13,15,27H,14,16H2,1-2H3,(H,25,28)(H,26,29). The van der Waals surface area contributed by atoms with E-state index in [0.717, 1.165) is 16.7 Å². The quantitative estimate of drug-likeness (QED) is 0.488. The van der Waals surface area contributed by atoms with Gasteiger partial charge in [-0.05, 0) is 60.9 Å². The average Bonchev–Trinajstić information content (AvgIpc) is 2.75. The van der Waals surface area contributed by atoms with Gasteiger partial charge in [0.2, 0.25) is 11.8 Å². The summed E-state index contributed by atoms with van der Waals surface area (Å²) < 4.78 is 27.9. The van der Waals surface area contributed by atoms with Gasteiger partial charge in [0.25, 0.3) is 10.0 Å². The molecular formula is C24H25N3O4S. The maximum Gasteiger partial charge on any atom is 0.261 e. The lowest BCUT2D eigenvalue weighted by Gasteiger charge is -2.12. The van der Waals surface area contributed by atoms with Crippen LogP contribution in [0.3, 0.4) is 0 Å². The third kappa shape index (κ3) is 6.42. The van der Waals surface area contributed by atoms with Gasteiger partial charge in [-0.25, -0.2) is 8.42 Å². The van der Waals surface area contributed by atoms with Gasteiger partial charge in [0.1, 0.15) is 0 Å². The van der Waals surface area contributed by atoms with Crippen LogP contribution in [0.5, 0.6) is 0 Å². The molecule has 0 radical (unpaired) electrons. The number of carbonyl (C=O) groups excluding carboxylic acids is 2. The van der Waals surface area contributed by atoms with Crippen molar-refractivity contribution >= 4 is 33.2 Å². The molecule has 0 saturated heterocycles. The van der Waals surface area contributed by atoms with Crippen molar-refractivity contribution in [3.05, 3.63) is 89.5 Å². The molecule has 0 spiro atoms. The molecule has 0 atom stereocenters. The van der Waals surface area contributed by atoms with Crippen LogP contribution in [0.2, 0.25) is 0 Å². The lowest BCUT2D eigenvalue weighted by atomic mass is 10.1. The molecule has 166 valence electrons. The van der Waals surface area contributed by atoms with Crippen molar-refractivity contribution in [3.63, 3.8) is 0 Å². The summed E-state index contributed by atoms with van der Waals surface area (Å²) in [5.41, 5.74) is 3.46. The predicted octanol–water partition coefficient (Wildman–Crippen LogP) is 3.40. The average molecular weight is 452 g/mol. The van der Waals surface area contributed by atoms with Gasteiger partial charge in [0.15, 0.2) is 0 Å². The lowest BCUT2D eigenvalue weighted by Crippen LogP contribution is -2.33. The predicted molar refractivity (Wildman–Crippen MR) is 125 cm³/mol. The zero-order valence-corrected chi connectivity index (χ0v) is 18.7.